The molecule has 1 atom stereocenters. The van der Waals surface area contributed by atoms with Crippen LogP contribution in [0, 0.1) is 5.92 Å². The second kappa shape index (κ2) is 10.6. The summed E-state index contributed by atoms with van der Waals surface area (Å²) in [6.07, 6.45) is 2.99. The molecule has 3 rings (SSSR count). The van der Waals surface area contributed by atoms with Gasteiger partial charge in [0.25, 0.3) is 0 Å². The number of carbonyl (C=O) groups excluding carboxylic acids is 1. The summed E-state index contributed by atoms with van der Waals surface area (Å²) in [6.45, 7) is 2.56. The number of carbonyl (C=O) groups is 1. The molecule has 9 heteroatoms. The molecule has 1 saturated heterocycles. The van der Waals surface area contributed by atoms with Crippen LogP contribution >= 0.6 is 11.8 Å². The topological polar surface area (TPSA) is 84.9 Å². The summed E-state index contributed by atoms with van der Waals surface area (Å²) >= 11 is 1.68. The zero-order valence-corrected chi connectivity index (χ0v) is 20.5. The van der Waals surface area contributed by atoms with Gasteiger partial charge in [-0.15, -0.1) is 11.8 Å². The molecule has 1 N–H and O–H groups in total. The van der Waals surface area contributed by atoms with Crippen LogP contribution in [0.2, 0.25) is 0 Å². The number of methoxy groups -OCH3 is 2. The highest BCUT2D eigenvalue weighted by Gasteiger charge is 2.33. The van der Waals surface area contributed by atoms with Crippen molar-refractivity contribution in [2.75, 3.05) is 33.6 Å². The first-order valence-electron chi connectivity index (χ1n) is 10.5. The standard InChI is InChI=1S/C23H30N2O5S2/c1-16(17-5-7-19(31-4)8-6-17)24-23(26)18-11-13-25(14-12-18)32(27,28)20-9-10-21(29-2)22(15-20)30-3/h5-10,15-16,18H,11-14H2,1-4H3,(H,24,26). The van der Waals surface area contributed by atoms with Crippen LogP contribution in [0.5, 0.6) is 11.5 Å². The van der Waals surface area contributed by atoms with Crippen molar-refractivity contribution in [2.45, 2.75) is 35.6 Å². The summed E-state index contributed by atoms with van der Waals surface area (Å²) in [7, 11) is -0.707. The Labute approximate surface area is 194 Å². The van der Waals surface area contributed by atoms with E-state index in [1.54, 1.807) is 17.8 Å². The fourth-order valence-electron chi connectivity index (χ4n) is 3.79. The SMILES string of the molecule is COc1ccc(S(=O)(=O)N2CCC(C(=O)NC(C)c3ccc(SC)cc3)CC2)cc1OC. The highest BCUT2D eigenvalue weighted by molar-refractivity contribution is 7.98. The van der Waals surface area contributed by atoms with Crippen LogP contribution in [0.25, 0.3) is 0 Å². The van der Waals surface area contributed by atoms with Crippen molar-refractivity contribution in [2.24, 2.45) is 5.92 Å². The molecule has 0 radical (unpaired) electrons. The quantitative estimate of drug-likeness (QED) is 0.583. The first kappa shape index (κ1) is 24.4. The molecular weight excluding hydrogens is 448 g/mol. The molecule has 1 aliphatic rings. The van der Waals surface area contributed by atoms with Gasteiger partial charge in [0.15, 0.2) is 11.5 Å². The molecule has 1 fully saturated rings. The fraction of sp³-hybridized carbons (Fsp3) is 0.435. The van der Waals surface area contributed by atoms with E-state index in [1.165, 1.54) is 35.6 Å². The predicted octanol–water partition coefficient (Wildman–Crippen LogP) is 3.70. The minimum Gasteiger partial charge on any atom is -0.493 e. The van der Waals surface area contributed by atoms with Crippen LogP contribution in [0.4, 0.5) is 0 Å². The first-order valence-corrected chi connectivity index (χ1v) is 13.1. The second-order valence-corrected chi connectivity index (χ2v) is 10.5. The van der Waals surface area contributed by atoms with Crippen LogP contribution < -0.4 is 14.8 Å². The van der Waals surface area contributed by atoms with Crippen molar-refractivity contribution in [3.63, 3.8) is 0 Å². The third-order valence-corrected chi connectivity index (χ3v) is 8.43. The van der Waals surface area contributed by atoms with E-state index in [-0.39, 0.29) is 22.8 Å². The van der Waals surface area contributed by atoms with Crippen LogP contribution in [0.1, 0.15) is 31.4 Å². The van der Waals surface area contributed by atoms with Gasteiger partial charge in [-0.05, 0) is 55.9 Å². The minimum absolute atomic E-state index is 0.0328. The van der Waals surface area contributed by atoms with Crippen LogP contribution in [-0.4, -0.2) is 52.2 Å². The minimum atomic E-state index is -3.68. The normalized spacial score (nSPS) is 16.4. The van der Waals surface area contributed by atoms with Crippen molar-refractivity contribution in [1.29, 1.82) is 0 Å². The van der Waals surface area contributed by atoms with Gasteiger partial charge in [0.2, 0.25) is 15.9 Å². The van der Waals surface area contributed by atoms with Gasteiger partial charge in [-0.2, -0.15) is 4.31 Å². The maximum Gasteiger partial charge on any atom is 0.243 e. The molecule has 0 aliphatic carbocycles. The molecule has 0 saturated carbocycles. The van der Waals surface area contributed by atoms with E-state index in [0.717, 1.165) is 5.56 Å². The van der Waals surface area contributed by atoms with Crippen molar-refractivity contribution >= 4 is 27.7 Å². The molecule has 0 bridgehead atoms. The van der Waals surface area contributed by atoms with E-state index in [2.05, 4.69) is 5.32 Å². The summed E-state index contributed by atoms with van der Waals surface area (Å²) in [6, 6.07) is 12.6. The monoisotopic (exact) mass is 478 g/mol. The van der Waals surface area contributed by atoms with Crippen molar-refractivity contribution in [1.82, 2.24) is 9.62 Å². The summed E-state index contributed by atoms with van der Waals surface area (Å²) in [4.78, 5) is 14.1. The van der Waals surface area contributed by atoms with Crippen LogP contribution in [0.15, 0.2) is 52.3 Å². The first-order chi connectivity index (χ1) is 15.3. The summed E-state index contributed by atoms with van der Waals surface area (Å²) in [5.74, 6) is 0.593. The number of sulfonamides is 1. The Morgan fingerprint density at radius 3 is 2.25 bits per heavy atom. The maximum atomic E-state index is 13.1. The number of nitrogens with zero attached hydrogens (tertiary/aromatic N) is 1. The number of benzene rings is 2. The Kier molecular flexibility index (Phi) is 8.08. The zero-order chi connectivity index (χ0) is 23.3. The zero-order valence-electron chi connectivity index (χ0n) is 18.8. The lowest BCUT2D eigenvalue weighted by Gasteiger charge is -2.31. The van der Waals surface area contributed by atoms with E-state index in [9.17, 15) is 13.2 Å². The molecule has 0 spiro atoms. The third kappa shape index (κ3) is 5.39. The number of nitrogens with one attached hydrogen (secondary N) is 1. The predicted molar refractivity (Wildman–Crippen MR) is 126 cm³/mol. The van der Waals surface area contributed by atoms with Crippen LogP contribution in [0.3, 0.4) is 0 Å². The molecule has 174 valence electrons. The van der Waals surface area contributed by atoms with Gasteiger partial charge in [-0.25, -0.2) is 8.42 Å². The lowest BCUT2D eigenvalue weighted by Crippen LogP contribution is -2.43. The lowest BCUT2D eigenvalue weighted by molar-refractivity contribution is -0.126. The van der Waals surface area contributed by atoms with E-state index in [0.29, 0.717) is 37.4 Å². The Morgan fingerprint density at radius 1 is 1.06 bits per heavy atom. The number of rotatable bonds is 8. The second-order valence-electron chi connectivity index (χ2n) is 7.70. The van der Waals surface area contributed by atoms with Crippen molar-refractivity contribution < 1.29 is 22.7 Å². The van der Waals surface area contributed by atoms with E-state index in [1.807, 2.05) is 37.4 Å². The highest BCUT2D eigenvalue weighted by Crippen LogP contribution is 2.32. The summed E-state index contributed by atoms with van der Waals surface area (Å²) < 4.78 is 38.0. The number of piperidine rings is 1. The Hall–Kier alpha value is -2.23. The summed E-state index contributed by atoms with van der Waals surface area (Å²) in [5, 5.41) is 3.07. The van der Waals surface area contributed by atoms with Gasteiger partial charge in [-0.1, -0.05) is 12.1 Å². The van der Waals surface area contributed by atoms with E-state index >= 15 is 0 Å². The van der Waals surface area contributed by atoms with Gasteiger partial charge in [0.1, 0.15) is 0 Å². The molecule has 1 amide bonds. The maximum absolute atomic E-state index is 13.1. The largest absolute Gasteiger partial charge is 0.493 e. The average Bonchev–Trinajstić information content (AvgIpc) is 2.83. The van der Waals surface area contributed by atoms with Gasteiger partial charge in [0, 0.05) is 30.0 Å². The smallest absolute Gasteiger partial charge is 0.243 e. The molecule has 32 heavy (non-hydrogen) atoms. The number of thioether (sulfide) groups is 1. The molecule has 7 nitrogen and oxygen atoms in total. The van der Waals surface area contributed by atoms with Gasteiger partial charge in [0.05, 0.1) is 25.2 Å². The van der Waals surface area contributed by atoms with E-state index < -0.39 is 10.0 Å². The molecule has 1 unspecified atom stereocenters. The van der Waals surface area contributed by atoms with Gasteiger partial charge in [-0.3, -0.25) is 4.79 Å². The third-order valence-electron chi connectivity index (χ3n) is 5.79. The molecule has 2 aromatic carbocycles. The average molecular weight is 479 g/mol. The molecule has 1 heterocycles. The van der Waals surface area contributed by atoms with E-state index in [4.69, 9.17) is 9.47 Å². The molecule has 1 aliphatic heterocycles. The highest BCUT2D eigenvalue weighted by atomic mass is 32.2. The van der Waals surface area contributed by atoms with Crippen LogP contribution in [-0.2, 0) is 14.8 Å². The Balaban J connectivity index is 1.60. The number of hydrogen-bond donors (Lipinski definition) is 1. The number of amides is 1. The Bertz CT molecular complexity index is 1030. The fourth-order valence-corrected chi connectivity index (χ4v) is 5.69. The summed E-state index contributed by atoms with van der Waals surface area (Å²) in [5.41, 5.74) is 1.05. The molecule has 0 aromatic heterocycles. The van der Waals surface area contributed by atoms with Crippen molar-refractivity contribution in [3.8, 4) is 11.5 Å². The molecular formula is C23H30N2O5S2. The molecule has 2 aromatic rings. The Morgan fingerprint density at radius 2 is 1.69 bits per heavy atom. The van der Waals surface area contributed by atoms with Gasteiger partial charge < -0.3 is 14.8 Å². The van der Waals surface area contributed by atoms with Gasteiger partial charge >= 0.3 is 0 Å². The number of hydrogen-bond acceptors (Lipinski definition) is 6. The van der Waals surface area contributed by atoms with Crippen molar-refractivity contribution in [3.05, 3.63) is 48.0 Å². The lowest BCUT2D eigenvalue weighted by atomic mass is 9.96. The number of ether oxygens (including phenoxy) is 2.